The lowest BCUT2D eigenvalue weighted by atomic mass is 10.1. The molecule has 1 aliphatic heterocycles. The van der Waals surface area contributed by atoms with Crippen LogP contribution in [-0.4, -0.2) is 58.2 Å². The van der Waals surface area contributed by atoms with E-state index in [9.17, 15) is 18.8 Å². The van der Waals surface area contributed by atoms with E-state index in [1.165, 1.54) is 11.9 Å². The highest BCUT2D eigenvalue weighted by Gasteiger charge is 2.35. The van der Waals surface area contributed by atoms with E-state index in [2.05, 4.69) is 10.3 Å². The number of halogens is 1. The second kappa shape index (κ2) is 8.91. The van der Waals surface area contributed by atoms with Gasteiger partial charge in [0, 0.05) is 19.4 Å². The molecule has 10 heteroatoms. The summed E-state index contributed by atoms with van der Waals surface area (Å²) < 4.78 is 19.5. The lowest BCUT2D eigenvalue weighted by Gasteiger charge is -2.19. The fraction of sp³-hybridized carbons (Fsp3) is 0.524. The number of rotatable bonds is 7. The zero-order valence-electron chi connectivity index (χ0n) is 18.3. The van der Waals surface area contributed by atoms with Crippen molar-refractivity contribution in [3.8, 4) is 0 Å². The molecule has 1 fully saturated rings. The van der Waals surface area contributed by atoms with E-state index in [0.29, 0.717) is 36.3 Å². The molecule has 4 amide bonds. The number of nitrogens with one attached hydrogen (secondary N) is 1. The van der Waals surface area contributed by atoms with Crippen LogP contribution < -0.4 is 10.2 Å². The number of anilines is 1. The molecule has 0 radical (unpaired) electrons. The predicted molar refractivity (Wildman–Crippen MR) is 113 cm³/mol. The van der Waals surface area contributed by atoms with Gasteiger partial charge in [0.25, 0.3) is 0 Å². The molecule has 0 spiro atoms. The van der Waals surface area contributed by atoms with Gasteiger partial charge in [-0.15, -0.1) is 0 Å². The average molecular weight is 433 g/mol. The van der Waals surface area contributed by atoms with E-state index < -0.39 is 17.7 Å². The molecule has 0 aliphatic carbocycles. The van der Waals surface area contributed by atoms with Crippen molar-refractivity contribution in [1.29, 1.82) is 0 Å². The van der Waals surface area contributed by atoms with Crippen molar-refractivity contribution in [2.45, 2.75) is 52.2 Å². The van der Waals surface area contributed by atoms with Crippen molar-refractivity contribution in [2.24, 2.45) is 0 Å². The minimum absolute atomic E-state index is 0.0721. The summed E-state index contributed by atoms with van der Waals surface area (Å²) in [5.74, 6) is -0.302. The van der Waals surface area contributed by atoms with Crippen molar-refractivity contribution in [1.82, 2.24) is 19.6 Å². The fourth-order valence-electron chi connectivity index (χ4n) is 3.29. The number of hydrogen-bond acceptors (Lipinski definition) is 5. The third-order valence-corrected chi connectivity index (χ3v) is 4.78. The fourth-order valence-corrected chi connectivity index (χ4v) is 3.29. The number of carbonyl (C=O) groups excluding carboxylic acids is 3. The molecular formula is C21H28FN5O4. The lowest BCUT2D eigenvalue weighted by Crippen LogP contribution is -2.32. The van der Waals surface area contributed by atoms with E-state index in [0.717, 1.165) is 10.5 Å². The van der Waals surface area contributed by atoms with Crippen LogP contribution in [0.1, 0.15) is 44.9 Å². The number of aromatic nitrogens is 2. The number of alkyl halides is 1. The van der Waals surface area contributed by atoms with Gasteiger partial charge in [-0.2, -0.15) is 0 Å². The Kier molecular flexibility index (Phi) is 6.47. The first-order valence-corrected chi connectivity index (χ1v) is 10.2. The number of fused-ring (bicyclic) bond motifs is 1. The Labute approximate surface area is 180 Å². The number of amides is 4. The van der Waals surface area contributed by atoms with Crippen LogP contribution in [0.4, 0.5) is 19.7 Å². The van der Waals surface area contributed by atoms with E-state index in [1.807, 2.05) is 12.3 Å². The van der Waals surface area contributed by atoms with Crippen LogP contribution in [-0.2, 0) is 22.5 Å². The van der Waals surface area contributed by atoms with Gasteiger partial charge in [-0.1, -0.05) is 0 Å². The molecule has 1 saturated heterocycles. The smallest absolute Gasteiger partial charge is 0.407 e. The summed E-state index contributed by atoms with van der Waals surface area (Å²) in [4.78, 5) is 43.5. The second-order valence-corrected chi connectivity index (χ2v) is 8.52. The number of carbonyl (C=O) groups is 3. The minimum atomic E-state index is -0.612. The monoisotopic (exact) mass is 433 g/mol. The summed E-state index contributed by atoms with van der Waals surface area (Å²) in [6.45, 7) is 5.01. The lowest BCUT2D eigenvalue weighted by molar-refractivity contribution is -0.123. The number of aryl methyl sites for hydroxylation is 1. The number of unbranched alkanes of at least 4 members (excludes halogenated alkanes) is 1. The first kappa shape index (κ1) is 22.5. The molecule has 0 aromatic carbocycles. The van der Waals surface area contributed by atoms with Gasteiger partial charge in [0.05, 0.1) is 24.6 Å². The van der Waals surface area contributed by atoms with E-state index in [4.69, 9.17) is 4.74 Å². The number of alkyl carbamates (subject to hydrolysis) is 1. The zero-order chi connectivity index (χ0) is 22.8. The van der Waals surface area contributed by atoms with Crippen LogP contribution in [0.5, 0.6) is 0 Å². The van der Waals surface area contributed by atoms with Crippen LogP contribution in [0, 0.1) is 0 Å². The number of imidazole rings is 1. The predicted octanol–water partition coefficient (Wildman–Crippen LogP) is 3.05. The number of likely N-dealkylation sites (N-methyl/N-ethyl adjacent to an activating group) is 1. The number of imide groups is 1. The zero-order valence-corrected chi connectivity index (χ0v) is 18.3. The third kappa shape index (κ3) is 5.31. The molecular weight excluding hydrogens is 405 g/mol. The van der Waals surface area contributed by atoms with Crippen LogP contribution in [0.2, 0.25) is 0 Å². The highest BCUT2D eigenvalue weighted by molar-refractivity contribution is 6.13. The van der Waals surface area contributed by atoms with E-state index >= 15 is 0 Å². The van der Waals surface area contributed by atoms with E-state index in [1.54, 1.807) is 31.4 Å². The van der Waals surface area contributed by atoms with Crippen molar-refractivity contribution >= 4 is 29.4 Å². The summed E-state index contributed by atoms with van der Waals surface area (Å²) in [7, 11) is 1.44. The summed E-state index contributed by atoms with van der Waals surface area (Å²) >= 11 is 0. The maximum absolute atomic E-state index is 12.6. The third-order valence-electron chi connectivity index (χ3n) is 4.78. The molecule has 9 nitrogen and oxygen atoms in total. The molecule has 2 aromatic rings. The first-order valence-electron chi connectivity index (χ1n) is 10.2. The molecule has 31 heavy (non-hydrogen) atoms. The van der Waals surface area contributed by atoms with Gasteiger partial charge in [0.15, 0.2) is 5.65 Å². The van der Waals surface area contributed by atoms with Gasteiger partial charge < -0.3 is 14.5 Å². The molecule has 3 rings (SSSR count). The number of nitrogens with zero attached hydrogens (tertiary/aromatic N) is 4. The van der Waals surface area contributed by atoms with Crippen molar-refractivity contribution in [3.05, 3.63) is 29.7 Å². The topological polar surface area (TPSA) is 96.2 Å². The SMILES string of the molecule is CN1C(=O)CN(c2cc(CCCCF)cn3cc(CNC(=O)OC(C)(C)C)nc23)C1=O. The Morgan fingerprint density at radius 3 is 2.61 bits per heavy atom. The Balaban J connectivity index is 1.90. The normalized spacial score (nSPS) is 14.6. The maximum atomic E-state index is 12.6. The minimum Gasteiger partial charge on any atom is -0.444 e. The van der Waals surface area contributed by atoms with E-state index in [-0.39, 0.29) is 25.7 Å². The Morgan fingerprint density at radius 2 is 2.00 bits per heavy atom. The van der Waals surface area contributed by atoms with Crippen molar-refractivity contribution < 1.29 is 23.5 Å². The first-order chi connectivity index (χ1) is 14.6. The standard InChI is InChI=1S/C21H28FN5O4/c1-21(2,3)31-19(29)23-10-15-12-26-11-14(7-5-6-8-22)9-16(18(26)24-15)27-13-17(28)25(4)20(27)30/h9,11-12H,5-8,10,13H2,1-4H3,(H,23,29). The molecule has 0 saturated carbocycles. The maximum Gasteiger partial charge on any atom is 0.407 e. The molecule has 2 aromatic heterocycles. The number of pyridine rings is 1. The number of hydrogen-bond donors (Lipinski definition) is 1. The van der Waals surface area contributed by atoms with Gasteiger partial charge in [-0.25, -0.2) is 14.6 Å². The van der Waals surface area contributed by atoms with Gasteiger partial charge in [0.2, 0.25) is 5.91 Å². The van der Waals surface area contributed by atoms with Gasteiger partial charge in [-0.3, -0.25) is 19.0 Å². The van der Waals surface area contributed by atoms with Gasteiger partial charge >= 0.3 is 12.1 Å². The second-order valence-electron chi connectivity index (χ2n) is 8.52. The molecule has 1 aliphatic rings. The molecule has 0 bridgehead atoms. The summed E-state index contributed by atoms with van der Waals surface area (Å²) in [5.41, 5.74) is 1.85. The Bertz CT molecular complexity index is 998. The van der Waals surface area contributed by atoms with Crippen LogP contribution in [0.3, 0.4) is 0 Å². The summed E-state index contributed by atoms with van der Waals surface area (Å²) in [6, 6.07) is 1.39. The van der Waals surface area contributed by atoms with Gasteiger partial charge in [0.1, 0.15) is 12.1 Å². The Morgan fingerprint density at radius 1 is 1.26 bits per heavy atom. The molecule has 3 heterocycles. The van der Waals surface area contributed by atoms with Crippen LogP contribution in [0.15, 0.2) is 18.5 Å². The molecule has 0 atom stereocenters. The number of urea groups is 1. The summed E-state index contributed by atoms with van der Waals surface area (Å²) in [5, 5.41) is 2.66. The van der Waals surface area contributed by atoms with Crippen LogP contribution >= 0.6 is 0 Å². The molecule has 0 unspecified atom stereocenters. The Hall–Kier alpha value is -3.17. The van der Waals surface area contributed by atoms with Crippen molar-refractivity contribution in [2.75, 3.05) is 25.2 Å². The largest absolute Gasteiger partial charge is 0.444 e. The molecule has 168 valence electrons. The highest BCUT2D eigenvalue weighted by Crippen LogP contribution is 2.27. The quantitative estimate of drug-likeness (QED) is 0.535. The van der Waals surface area contributed by atoms with Gasteiger partial charge in [-0.05, 0) is 51.7 Å². The highest BCUT2D eigenvalue weighted by atomic mass is 19.1. The number of ether oxygens (including phenoxy) is 1. The van der Waals surface area contributed by atoms with Crippen LogP contribution in [0.25, 0.3) is 5.65 Å². The summed E-state index contributed by atoms with van der Waals surface area (Å²) in [6.07, 6.45) is 4.80. The van der Waals surface area contributed by atoms with Crippen molar-refractivity contribution in [3.63, 3.8) is 0 Å². The average Bonchev–Trinajstić information content (AvgIpc) is 3.21. The molecule has 1 N–H and O–H groups in total.